The number of carbonyl (C=O) groups excluding carboxylic acids is 1. The van der Waals surface area contributed by atoms with Crippen LogP contribution in [0.3, 0.4) is 0 Å². The molecule has 0 spiro atoms. The van der Waals surface area contributed by atoms with Gasteiger partial charge in [-0.3, -0.25) is 9.78 Å². The number of hydrogen-bond donors (Lipinski definition) is 1. The summed E-state index contributed by atoms with van der Waals surface area (Å²) < 4.78 is 6.27. The minimum absolute atomic E-state index is 0.0841. The van der Waals surface area contributed by atoms with Crippen LogP contribution in [0.1, 0.15) is 23.5 Å². The molecule has 1 fully saturated rings. The standard InChI is InChI=1S/C10H16N4O3/c1-13(6-4-7(5-6)17-3)9(15)8-11-10(16)14(2)12-8/h6-7H,4-5H2,1-3H3,(H,11,12,16). The van der Waals surface area contributed by atoms with E-state index in [4.69, 9.17) is 4.74 Å². The fraction of sp³-hybridized carbons (Fsp3) is 0.700. The van der Waals surface area contributed by atoms with E-state index in [9.17, 15) is 9.59 Å². The third-order valence-corrected chi connectivity index (χ3v) is 3.24. The minimum atomic E-state index is -0.384. The van der Waals surface area contributed by atoms with Crippen LogP contribution in [0.2, 0.25) is 0 Å². The minimum Gasteiger partial charge on any atom is -0.381 e. The van der Waals surface area contributed by atoms with Crippen LogP contribution in [-0.4, -0.2) is 51.9 Å². The summed E-state index contributed by atoms with van der Waals surface area (Å²) in [5.74, 6) is -0.178. The van der Waals surface area contributed by atoms with Gasteiger partial charge in [0.1, 0.15) is 0 Å². The summed E-state index contributed by atoms with van der Waals surface area (Å²) in [6.07, 6.45) is 1.89. The smallest absolute Gasteiger partial charge is 0.343 e. The van der Waals surface area contributed by atoms with Gasteiger partial charge in [0.25, 0.3) is 5.91 Å². The van der Waals surface area contributed by atoms with Gasteiger partial charge in [0, 0.05) is 27.2 Å². The number of hydrogen-bond acceptors (Lipinski definition) is 4. The molecule has 1 aliphatic carbocycles. The van der Waals surface area contributed by atoms with Gasteiger partial charge in [-0.05, 0) is 12.8 Å². The average molecular weight is 240 g/mol. The Kier molecular flexibility index (Phi) is 3.01. The Morgan fingerprint density at radius 2 is 2.24 bits per heavy atom. The van der Waals surface area contributed by atoms with E-state index in [1.807, 2.05) is 0 Å². The Labute approximate surface area is 98.4 Å². The number of aromatic nitrogens is 3. The molecule has 1 N–H and O–H groups in total. The number of ether oxygens (including phenoxy) is 1. The van der Waals surface area contributed by atoms with E-state index >= 15 is 0 Å². The normalized spacial score (nSPS) is 23.2. The molecule has 1 amide bonds. The van der Waals surface area contributed by atoms with Crippen molar-refractivity contribution < 1.29 is 9.53 Å². The van der Waals surface area contributed by atoms with Crippen molar-refractivity contribution in [3.63, 3.8) is 0 Å². The molecular weight excluding hydrogens is 224 g/mol. The third kappa shape index (κ3) is 2.10. The van der Waals surface area contributed by atoms with Crippen molar-refractivity contribution in [1.82, 2.24) is 19.7 Å². The molecule has 7 nitrogen and oxygen atoms in total. The zero-order valence-corrected chi connectivity index (χ0v) is 10.1. The van der Waals surface area contributed by atoms with Crippen LogP contribution in [0.25, 0.3) is 0 Å². The van der Waals surface area contributed by atoms with Gasteiger partial charge in [0.15, 0.2) is 0 Å². The summed E-state index contributed by atoms with van der Waals surface area (Å²) >= 11 is 0. The number of nitrogens with zero attached hydrogens (tertiary/aromatic N) is 3. The van der Waals surface area contributed by atoms with Crippen LogP contribution in [0.15, 0.2) is 4.79 Å². The Hall–Kier alpha value is -1.63. The lowest BCUT2D eigenvalue weighted by Gasteiger charge is -2.39. The summed E-state index contributed by atoms with van der Waals surface area (Å²) in [6, 6.07) is 0.165. The first kappa shape index (κ1) is 11.8. The van der Waals surface area contributed by atoms with Crippen LogP contribution in [-0.2, 0) is 11.8 Å². The second kappa shape index (κ2) is 4.33. The molecule has 1 aliphatic rings. The summed E-state index contributed by atoms with van der Waals surface area (Å²) in [7, 11) is 4.88. The molecule has 7 heteroatoms. The van der Waals surface area contributed by atoms with Crippen LogP contribution in [0.5, 0.6) is 0 Å². The zero-order chi connectivity index (χ0) is 12.6. The van der Waals surface area contributed by atoms with E-state index in [0.717, 1.165) is 17.5 Å². The number of amides is 1. The molecule has 0 saturated heterocycles. The van der Waals surface area contributed by atoms with Gasteiger partial charge in [0.2, 0.25) is 5.82 Å². The predicted octanol–water partition coefficient (Wildman–Crippen LogP) is -0.642. The van der Waals surface area contributed by atoms with Crippen molar-refractivity contribution in [2.75, 3.05) is 14.2 Å². The molecule has 0 unspecified atom stereocenters. The van der Waals surface area contributed by atoms with Crippen LogP contribution >= 0.6 is 0 Å². The molecule has 0 aliphatic heterocycles. The number of carbonyl (C=O) groups is 1. The highest BCUT2D eigenvalue weighted by Crippen LogP contribution is 2.27. The van der Waals surface area contributed by atoms with Gasteiger partial charge in [-0.2, -0.15) is 0 Å². The first-order valence-electron chi connectivity index (χ1n) is 5.46. The van der Waals surface area contributed by atoms with Gasteiger partial charge in [-0.15, -0.1) is 5.10 Å². The second-order valence-electron chi connectivity index (χ2n) is 4.30. The largest absolute Gasteiger partial charge is 0.381 e. The van der Waals surface area contributed by atoms with E-state index in [-0.39, 0.29) is 29.6 Å². The lowest BCUT2D eigenvalue weighted by atomic mass is 9.88. The lowest BCUT2D eigenvalue weighted by molar-refractivity contribution is -0.0148. The summed E-state index contributed by atoms with van der Waals surface area (Å²) in [6.45, 7) is 0. The maximum absolute atomic E-state index is 12.0. The molecule has 17 heavy (non-hydrogen) atoms. The fourth-order valence-electron chi connectivity index (χ4n) is 1.88. The van der Waals surface area contributed by atoms with Crippen molar-refractivity contribution >= 4 is 5.91 Å². The zero-order valence-electron chi connectivity index (χ0n) is 10.1. The lowest BCUT2D eigenvalue weighted by Crippen LogP contribution is -2.48. The molecule has 0 radical (unpaired) electrons. The average Bonchev–Trinajstić information content (AvgIpc) is 2.56. The molecular formula is C10H16N4O3. The van der Waals surface area contributed by atoms with Crippen LogP contribution in [0.4, 0.5) is 0 Å². The van der Waals surface area contributed by atoms with E-state index in [2.05, 4.69) is 10.1 Å². The quantitative estimate of drug-likeness (QED) is 0.762. The first-order chi connectivity index (χ1) is 8.02. The maximum atomic E-state index is 12.0. The van der Waals surface area contributed by atoms with E-state index in [0.29, 0.717) is 0 Å². The number of H-pyrrole nitrogens is 1. The van der Waals surface area contributed by atoms with E-state index in [1.54, 1.807) is 19.1 Å². The van der Waals surface area contributed by atoms with Crippen LogP contribution in [0, 0.1) is 0 Å². The first-order valence-corrected chi connectivity index (χ1v) is 5.46. The molecule has 1 heterocycles. The molecule has 0 atom stereocenters. The molecule has 1 aromatic heterocycles. The Balaban J connectivity index is 2.03. The summed E-state index contributed by atoms with van der Waals surface area (Å²) in [5.41, 5.74) is -0.384. The molecule has 1 saturated carbocycles. The molecule has 2 rings (SSSR count). The highest BCUT2D eigenvalue weighted by molar-refractivity contribution is 5.90. The highest BCUT2D eigenvalue weighted by Gasteiger charge is 2.35. The monoisotopic (exact) mass is 240 g/mol. The molecule has 1 aromatic rings. The predicted molar refractivity (Wildman–Crippen MR) is 59.7 cm³/mol. The number of nitrogens with one attached hydrogen (secondary N) is 1. The van der Waals surface area contributed by atoms with Crippen molar-refractivity contribution in [3.05, 3.63) is 16.3 Å². The number of rotatable bonds is 3. The van der Waals surface area contributed by atoms with Gasteiger partial charge < -0.3 is 9.64 Å². The molecule has 0 aromatic carbocycles. The SMILES string of the molecule is COC1CC(N(C)C(=O)c2nn(C)c(=O)[nH]2)C1. The second-order valence-corrected chi connectivity index (χ2v) is 4.30. The Morgan fingerprint density at radius 3 is 2.71 bits per heavy atom. The van der Waals surface area contributed by atoms with E-state index < -0.39 is 0 Å². The van der Waals surface area contributed by atoms with Gasteiger partial charge in [0.05, 0.1) is 6.10 Å². The van der Waals surface area contributed by atoms with E-state index in [1.165, 1.54) is 7.05 Å². The summed E-state index contributed by atoms with van der Waals surface area (Å²) in [4.78, 5) is 27.2. The van der Waals surface area contributed by atoms with Gasteiger partial charge in [-0.1, -0.05) is 0 Å². The Morgan fingerprint density at radius 1 is 1.59 bits per heavy atom. The van der Waals surface area contributed by atoms with Gasteiger partial charge >= 0.3 is 5.69 Å². The maximum Gasteiger partial charge on any atom is 0.343 e. The van der Waals surface area contributed by atoms with Crippen molar-refractivity contribution in [2.45, 2.75) is 25.0 Å². The summed E-state index contributed by atoms with van der Waals surface area (Å²) in [5, 5.41) is 3.84. The molecule has 0 bridgehead atoms. The highest BCUT2D eigenvalue weighted by atomic mass is 16.5. The number of aryl methyl sites for hydroxylation is 1. The van der Waals surface area contributed by atoms with Crippen molar-refractivity contribution in [2.24, 2.45) is 7.05 Å². The number of aromatic amines is 1. The Bertz CT molecular complexity index is 472. The van der Waals surface area contributed by atoms with Gasteiger partial charge in [-0.25, -0.2) is 9.48 Å². The molecule has 94 valence electrons. The number of methoxy groups -OCH3 is 1. The van der Waals surface area contributed by atoms with Crippen molar-refractivity contribution in [1.29, 1.82) is 0 Å². The topological polar surface area (TPSA) is 80.2 Å². The van der Waals surface area contributed by atoms with Crippen molar-refractivity contribution in [3.8, 4) is 0 Å². The van der Waals surface area contributed by atoms with Crippen LogP contribution < -0.4 is 5.69 Å². The third-order valence-electron chi connectivity index (χ3n) is 3.24. The fourth-order valence-corrected chi connectivity index (χ4v) is 1.88.